The molecule has 8 heteroatoms. The van der Waals surface area contributed by atoms with E-state index < -0.39 is 11.6 Å². The van der Waals surface area contributed by atoms with Gasteiger partial charge >= 0.3 is 6.01 Å². The third-order valence-electron chi connectivity index (χ3n) is 2.25. The number of hydrogen-bond donors (Lipinski definition) is 2. The van der Waals surface area contributed by atoms with Crippen LogP contribution in [0.1, 0.15) is 5.56 Å². The molecule has 0 radical (unpaired) electrons. The fourth-order valence-corrected chi connectivity index (χ4v) is 1.37. The van der Waals surface area contributed by atoms with Crippen LogP contribution in [-0.2, 0) is 6.54 Å². The lowest BCUT2D eigenvalue weighted by Crippen LogP contribution is -2.08. The Bertz CT molecular complexity index is 593. The average Bonchev–Trinajstić information content (AvgIpc) is 2.39. The number of nitrogens with two attached hydrogens (primary N) is 1. The van der Waals surface area contributed by atoms with Gasteiger partial charge in [-0.3, -0.25) is 0 Å². The summed E-state index contributed by atoms with van der Waals surface area (Å²) in [7, 11) is 1.40. The average molecular weight is 267 g/mol. The van der Waals surface area contributed by atoms with Crippen molar-refractivity contribution in [1.29, 1.82) is 0 Å². The summed E-state index contributed by atoms with van der Waals surface area (Å²) in [5, 5.41) is 2.81. The maximum atomic E-state index is 13.0. The van der Waals surface area contributed by atoms with Crippen LogP contribution in [0.25, 0.3) is 0 Å². The van der Waals surface area contributed by atoms with Gasteiger partial charge in [-0.05, 0) is 17.7 Å². The minimum absolute atomic E-state index is 0.000336. The van der Waals surface area contributed by atoms with Crippen molar-refractivity contribution in [3.05, 3.63) is 35.4 Å². The Hall–Kier alpha value is -2.51. The number of benzene rings is 1. The number of anilines is 2. The van der Waals surface area contributed by atoms with Crippen molar-refractivity contribution in [2.75, 3.05) is 18.2 Å². The summed E-state index contributed by atoms with van der Waals surface area (Å²) in [6.07, 6.45) is 0. The lowest BCUT2D eigenvalue weighted by Gasteiger charge is -2.06. The van der Waals surface area contributed by atoms with E-state index in [-0.39, 0.29) is 24.5 Å². The number of methoxy groups -OCH3 is 1. The summed E-state index contributed by atoms with van der Waals surface area (Å²) in [5.41, 5.74) is 5.99. The number of nitrogens with zero attached hydrogens (tertiary/aromatic N) is 3. The first-order valence-corrected chi connectivity index (χ1v) is 5.32. The predicted molar refractivity (Wildman–Crippen MR) is 64.5 cm³/mol. The van der Waals surface area contributed by atoms with Gasteiger partial charge in [0.05, 0.1) is 7.11 Å². The quantitative estimate of drug-likeness (QED) is 0.869. The molecule has 0 atom stereocenters. The normalized spacial score (nSPS) is 10.3. The molecule has 1 aromatic heterocycles. The molecule has 2 rings (SSSR count). The van der Waals surface area contributed by atoms with E-state index in [2.05, 4.69) is 20.3 Å². The molecule has 0 fully saturated rings. The summed E-state index contributed by atoms with van der Waals surface area (Å²) < 4.78 is 30.6. The number of nitrogens with one attached hydrogen (secondary N) is 1. The van der Waals surface area contributed by atoms with Crippen LogP contribution in [0.5, 0.6) is 6.01 Å². The van der Waals surface area contributed by atoms with Crippen LogP contribution in [0, 0.1) is 11.6 Å². The molecule has 6 nitrogen and oxygen atoms in total. The minimum atomic E-state index is -0.910. The second-order valence-electron chi connectivity index (χ2n) is 3.61. The van der Waals surface area contributed by atoms with Crippen molar-refractivity contribution in [2.24, 2.45) is 0 Å². The van der Waals surface area contributed by atoms with E-state index in [1.807, 2.05) is 0 Å². The van der Waals surface area contributed by atoms with E-state index in [9.17, 15) is 8.78 Å². The van der Waals surface area contributed by atoms with Gasteiger partial charge in [0, 0.05) is 6.54 Å². The molecular formula is C11H11F2N5O. The molecule has 0 saturated carbocycles. The SMILES string of the molecule is COc1nc(N)nc(NCc2ccc(F)c(F)c2)n1. The van der Waals surface area contributed by atoms with Crippen molar-refractivity contribution >= 4 is 11.9 Å². The maximum absolute atomic E-state index is 13.0. The van der Waals surface area contributed by atoms with Crippen molar-refractivity contribution in [2.45, 2.75) is 6.54 Å². The molecule has 19 heavy (non-hydrogen) atoms. The van der Waals surface area contributed by atoms with Gasteiger partial charge in [-0.1, -0.05) is 6.07 Å². The van der Waals surface area contributed by atoms with Crippen LogP contribution in [0.4, 0.5) is 20.7 Å². The van der Waals surface area contributed by atoms with Crippen molar-refractivity contribution in [3.63, 3.8) is 0 Å². The molecule has 0 spiro atoms. The van der Waals surface area contributed by atoms with E-state index >= 15 is 0 Å². The topological polar surface area (TPSA) is 86.0 Å². The van der Waals surface area contributed by atoms with Gasteiger partial charge in [-0.15, -0.1) is 0 Å². The summed E-state index contributed by atoms with van der Waals surface area (Å²) in [4.78, 5) is 11.5. The summed E-state index contributed by atoms with van der Waals surface area (Å²) in [5.74, 6) is -1.62. The Morgan fingerprint density at radius 1 is 1.21 bits per heavy atom. The highest BCUT2D eigenvalue weighted by atomic mass is 19.2. The van der Waals surface area contributed by atoms with Crippen LogP contribution in [-0.4, -0.2) is 22.1 Å². The van der Waals surface area contributed by atoms with Gasteiger partial charge in [-0.2, -0.15) is 15.0 Å². The van der Waals surface area contributed by atoms with Gasteiger partial charge in [0.25, 0.3) is 0 Å². The zero-order chi connectivity index (χ0) is 13.8. The van der Waals surface area contributed by atoms with Crippen LogP contribution in [0.3, 0.4) is 0 Å². The van der Waals surface area contributed by atoms with Crippen LogP contribution >= 0.6 is 0 Å². The van der Waals surface area contributed by atoms with Gasteiger partial charge in [-0.25, -0.2) is 8.78 Å². The highest BCUT2D eigenvalue weighted by molar-refractivity contribution is 5.34. The standard InChI is InChI=1S/C11H11F2N5O/c1-19-11-17-9(14)16-10(18-11)15-5-6-2-3-7(12)8(13)4-6/h2-4H,5H2,1H3,(H3,14,15,16,17,18). The molecule has 1 heterocycles. The largest absolute Gasteiger partial charge is 0.467 e. The molecule has 0 aliphatic rings. The van der Waals surface area contributed by atoms with Gasteiger partial charge < -0.3 is 15.8 Å². The Morgan fingerprint density at radius 3 is 2.68 bits per heavy atom. The molecule has 2 aromatic rings. The van der Waals surface area contributed by atoms with Crippen LogP contribution in [0.15, 0.2) is 18.2 Å². The minimum Gasteiger partial charge on any atom is -0.467 e. The summed E-state index contributed by atoms with van der Waals surface area (Å²) >= 11 is 0. The van der Waals surface area contributed by atoms with Crippen LogP contribution in [0.2, 0.25) is 0 Å². The molecule has 0 amide bonds. The second kappa shape index (κ2) is 5.42. The first-order valence-electron chi connectivity index (χ1n) is 5.32. The van der Waals surface area contributed by atoms with Crippen molar-refractivity contribution in [3.8, 4) is 6.01 Å². The fraction of sp³-hybridized carbons (Fsp3) is 0.182. The molecule has 0 bridgehead atoms. The predicted octanol–water partition coefficient (Wildman–Crippen LogP) is 1.35. The zero-order valence-electron chi connectivity index (χ0n) is 10.0. The van der Waals surface area contributed by atoms with E-state index in [1.165, 1.54) is 13.2 Å². The number of hydrogen-bond acceptors (Lipinski definition) is 6. The zero-order valence-corrected chi connectivity index (χ0v) is 10.0. The summed E-state index contributed by atoms with van der Waals surface area (Å²) in [6.45, 7) is 0.212. The lowest BCUT2D eigenvalue weighted by molar-refractivity contribution is 0.379. The van der Waals surface area contributed by atoms with Gasteiger partial charge in [0.1, 0.15) is 0 Å². The number of rotatable bonds is 4. The molecule has 0 saturated heterocycles. The van der Waals surface area contributed by atoms with E-state index in [4.69, 9.17) is 10.5 Å². The first-order chi connectivity index (χ1) is 9.08. The van der Waals surface area contributed by atoms with E-state index in [1.54, 1.807) is 0 Å². The molecule has 0 unspecified atom stereocenters. The number of aromatic nitrogens is 3. The fourth-order valence-electron chi connectivity index (χ4n) is 1.37. The second-order valence-corrected chi connectivity index (χ2v) is 3.61. The monoisotopic (exact) mass is 267 g/mol. The Labute approximate surface area is 107 Å². The van der Waals surface area contributed by atoms with Crippen LogP contribution < -0.4 is 15.8 Å². The third-order valence-corrected chi connectivity index (χ3v) is 2.25. The Morgan fingerprint density at radius 2 is 2.00 bits per heavy atom. The molecule has 0 aliphatic heterocycles. The van der Waals surface area contributed by atoms with Crippen molar-refractivity contribution < 1.29 is 13.5 Å². The Balaban J connectivity index is 2.09. The van der Waals surface area contributed by atoms with Crippen molar-refractivity contribution in [1.82, 2.24) is 15.0 Å². The highest BCUT2D eigenvalue weighted by Crippen LogP contribution is 2.12. The molecular weight excluding hydrogens is 256 g/mol. The molecule has 0 aliphatic carbocycles. The number of nitrogen functional groups attached to an aromatic ring is 1. The molecule has 100 valence electrons. The Kier molecular flexibility index (Phi) is 3.69. The maximum Gasteiger partial charge on any atom is 0.322 e. The molecule has 1 aromatic carbocycles. The molecule has 3 N–H and O–H groups in total. The lowest BCUT2D eigenvalue weighted by atomic mass is 10.2. The smallest absolute Gasteiger partial charge is 0.322 e. The summed E-state index contributed by atoms with van der Waals surface area (Å²) in [6, 6.07) is 3.66. The van der Waals surface area contributed by atoms with E-state index in [0.29, 0.717) is 5.56 Å². The third kappa shape index (κ3) is 3.24. The van der Waals surface area contributed by atoms with E-state index in [0.717, 1.165) is 12.1 Å². The van der Waals surface area contributed by atoms with Gasteiger partial charge in [0.15, 0.2) is 11.6 Å². The highest BCUT2D eigenvalue weighted by Gasteiger charge is 2.06. The number of ether oxygens (including phenoxy) is 1. The number of halogens is 2. The van der Waals surface area contributed by atoms with Gasteiger partial charge in [0.2, 0.25) is 11.9 Å². The first kappa shape index (κ1) is 12.9.